The Hall–Kier alpha value is -2.85. The minimum atomic E-state index is -4.28. The van der Waals surface area contributed by atoms with Gasteiger partial charge in [-0.1, -0.05) is 34.8 Å². The molecule has 12 heteroatoms. The van der Waals surface area contributed by atoms with Crippen LogP contribution in [0.5, 0.6) is 5.75 Å². The molecule has 0 saturated heterocycles. The van der Waals surface area contributed by atoms with E-state index in [2.05, 4.69) is 5.32 Å². The SMILES string of the molecule is O=C(Nc1ccc([N+](=O)[O-])cc1Cl)c1cc(Cl)ccc1OS(=O)(=O)c1ccc(Cl)cc1. The molecule has 8 nitrogen and oxygen atoms in total. The van der Waals surface area contributed by atoms with Crippen molar-refractivity contribution in [1.82, 2.24) is 0 Å². The van der Waals surface area contributed by atoms with Gasteiger partial charge in [0.2, 0.25) is 0 Å². The lowest BCUT2D eigenvalue weighted by Crippen LogP contribution is -2.17. The van der Waals surface area contributed by atoms with Gasteiger partial charge in [0.15, 0.2) is 5.75 Å². The molecule has 160 valence electrons. The molecule has 0 aliphatic rings. The Bertz CT molecular complexity index is 1280. The number of nitrogens with one attached hydrogen (secondary N) is 1. The van der Waals surface area contributed by atoms with E-state index in [-0.39, 0.29) is 37.6 Å². The monoisotopic (exact) mass is 500 g/mol. The summed E-state index contributed by atoms with van der Waals surface area (Å²) in [5, 5.41) is 13.7. The maximum Gasteiger partial charge on any atom is 0.339 e. The quantitative estimate of drug-likeness (QED) is 0.268. The van der Waals surface area contributed by atoms with Gasteiger partial charge >= 0.3 is 10.1 Å². The normalized spacial score (nSPS) is 11.1. The number of amides is 1. The van der Waals surface area contributed by atoms with Gasteiger partial charge in [-0.3, -0.25) is 14.9 Å². The van der Waals surface area contributed by atoms with Crippen LogP contribution in [0.1, 0.15) is 10.4 Å². The molecule has 31 heavy (non-hydrogen) atoms. The third-order valence-corrected chi connectivity index (χ3v) is 5.95. The fourth-order valence-electron chi connectivity index (χ4n) is 2.43. The highest BCUT2D eigenvalue weighted by Gasteiger charge is 2.22. The second-order valence-corrected chi connectivity index (χ2v) is 8.83. The number of hydrogen-bond acceptors (Lipinski definition) is 6. The summed E-state index contributed by atoms with van der Waals surface area (Å²) < 4.78 is 30.3. The number of carbonyl (C=O) groups excluding carboxylic acids is 1. The van der Waals surface area contributed by atoms with Gasteiger partial charge in [-0.15, -0.1) is 0 Å². The second kappa shape index (κ2) is 9.11. The van der Waals surface area contributed by atoms with Crippen molar-refractivity contribution in [3.05, 3.63) is 91.4 Å². The Labute approximate surface area is 191 Å². The summed E-state index contributed by atoms with van der Waals surface area (Å²) in [5.41, 5.74) is -0.382. The van der Waals surface area contributed by atoms with Gasteiger partial charge < -0.3 is 9.50 Å². The fourth-order valence-corrected chi connectivity index (χ4v) is 3.90. The third-order valence-electron chi connectivity index (χ3n) is 3.90. The van der Waals surface area contributed by atoms with Gasteiger partial charge in [-0.25, -0.2) is 0 Å². The molecule has 0 unspecified atom stereocenters. The van der Waals surface area contributed by atoms with Crippen molar-refractivity contribution in [3.63, 3.8) is 0 Å². The summed E-state index contributed by atoms with van der Waals surface area (Å²) in [5.74, 6) is -1.07. The van der Waals surface area contributed by atoms with Crippen LogP contribution in [0.15, 0.2) is 65.6 Å². The highest BCUT2D eigenvalue weighted by molar-refractivity contribution is 7.87. The Morgan fingerprint density at radius 1 is 0.935 bits per heavy atom. The predicted molar refractivity (Wildman–Crippen MR) is 117 cm³/mol. The van der Waals surface area contributed by atoms with E-state index >= 15 is 0 Å². The van der Waals surface area contributed by atoms with Gasteiger partial charge in [0.1, 0.15) is 4.90 Å². The standard InChI is InChI=1S/C19H11Cl3N2O6S/c20-11-1-5-14(6-2-11)31(28,29)30-18-8-3-12(21)9-15(18)19(25)23-17-7-4-13(24(26)27)10-16(17)22/h1-10H,(H,23,25). The summed E-state index contributed by atoms with van der Waals surface area (Å²) in [4.78, 5) is 22.8. The number of hydrogen-bond donors (Lipinski definition) is 1. The van der Waals surface area contributed by atoms with E-state index < -0.39 is 20.9 Å². The Kier molecular flexibility index (Phi) is 6.71. The maximum absolute atomic E-state index is 12.8. The zero-order valence-corrected chi connectivity index (χ0v) is 18.3. The van der Waals surface area contributed by atoms with Crippen LogP contribution in [0.25, 0.3) is 0 Å². The lowest BCUT2D eigenvalue weighted by atomic mass is 10.2. The molecule has 0 aromatic heterocycles. The number of nitrogens with zero attached hydrogens (tertiary/aromatic N) is 1. The van der Waals surface area contributed by atoms with Gasteiger partial charge in [-0.2, -0.15) is 8.42 Å². The number of benzene rings is 3. The van der Waals surface area contributed by atoms with Crippen LogP contribution >= 0.6 is 34.8 Å². The fraction of sp³-hybridized carbons (Fsp3) is 0. The van der Waals surface area contributed by atoms with Crippen molar-refractivity contribution in [2.75, 3.05) is 5.32 Å². The lowest BCUT2D eigenvalue weighted by Gasteiger charge is -2.13. The molecule has 3 aromatic rings. The number of nitro benzene ring substituents is 1. The maximum atomic E-state index is 12.8. The molecule has 0 aliphatic carbocycles. The van der Waals surface area contributed by atoms with E-state index in [0.717, 1.165) is 12.1 Å². The molecule has 3 aromatic carbocycles. The van der Waals surface area contributed by atoms with Crippen molar-refractivity contribution in [2.24, 2.45) is 0 Å². The summed E-state index contributed by atoms with van der Waals surface area (Å²) in [7, 11) is -4.28. The number of anilines is 1. The lowest BCUT2D eigenvalue weighted by molar-refractivity contribution is -0.384. The van der Waals surface area contributed by atoms with Gasteiger partial charge in [-0.05, 0) is 48.5 Å². The smallest absolute Gasteiger partial charge is 0.339 e. The van der Waals surface area contributed by atoms with E-state index in [1.807, 2.05) is 0 Å². The third kappa shape index (κ3) is 5.45. The largest absolute Gasteiger partial charge is 0.378 e. The first kappa shape index (κ1) is 22.8. The van der Waals surface area contributed by atoms with Gasteiger partial charge in [0.05, 0.1) is 21.2 Å². The molecule has 0 aliphatic heterocycles. The number of carbonyl (C=O) groups is 1. The average molecular weight is 502 g/mol. The summed E-state index contributed by atoms with van der Waals surface area (Å²) in [6, 6.07) is 12.5. The van der Waals surface area contributed by atoms with E-state index in [1.165, 1.54) is 48.5 Å². The molecular formula is C19H11Cl3N2O6S. The van der Waals surface area contributed by atoms with Crippen molar-refractivity contribution in [1.29, 1.82) is 0 Å². The van der Waals surface area contributed by atoms with Crippen molar-refractivity contribution in [2.45, 2.75) is 4.90 Å². The Balaban J connectivity index is 1.92. The molecule has 0 radical (unpaired) electrons. The molecule has 0 bridgehead atoms. The molecule has 0 saturated carbocycles. The zero-order chi connectivity index (χ0) is 22.8. The average Bonchev–Trinajstić information content (AvgIpc) is 2.70. The molecule has 0 fully saturated rings. The zero-order valence-electron chi connectivity index (χ0n) is 15.2. The van der Waals surface area contributed by atoms with E-state index in [1.54, 1.807) is 0 Å². The van der Waals surface area contributed by atoms with Crippen molar-refractivity contribution < 1.29 is 22.3 Å². The first-order valence-corrected chi connectivity index (χ1v) is 10.9. The Morgan fingerprint density at radius 2 is 1.58 bits per heavy atom. The molecule has 1 amide bonds. The molecule has 1 N–H and O–H groups in total. The number of non-ortho nitro benzene ring substituents is 1. The van der Waals surface area contributed by atoms with Crippen LogP contribution in [0.3, 0.4) is 0 Å². The number of rotatable bonds is 6. The summed E-state index contributed by atoms with van der Waals surface area (Å²) >= 11 is 17.7. The molecule has 3 rings (SSSR count). The van der Waals surface area contributed by atoms with Crippen LogP contribution in [0.2, 0.25) is 15.1 Å². The molecule has 0 spiro atoms. The van der Waals surface area contributed by atoms with Crippen molar-refractivity contribution in [3.8, 4) is 5.75 Å². The topological polar surface area (TPSA) is 116 Å². The first-order chi connectivity index (χ1) is 14.6. The Morgan fingerprint density at radius 3 is 2.19 bits per heavy atom. The van der Waals surface area contributed by atoms with Crippen LogP contribution in [0.4, 0.5) is 11.4 Å². The molecule has 0 atom stereocenters. The highest BCUT2D eigenvalue weighted by atomic mass is 35.5. The summed E-state index contributed by atoms with van der Waals surface area (Å²) in [6.45, 7) is 0. The van der Waals surface area contributed by atoms with Crippen LogP contribution < -0.4 is 9.50 Å². The second-order valence-electron chi connectivity index (χ2n) is 6.01. The number of halogens is 3. The molecular weight excluding hydrogens is 491 g/mol. The minimum absolute atomic E-state index is 0.0729. The summed E-state index contributed by atoms with van der Waals surface area (Å²) in [6.07, 6.45) is 0. The van der Waals surface area contributed by atoms with Crippen LogP contribution in [0, 0.1) is 10.1 Å². The first-order valence-electron chi connectivity index (χ1n) is 8.32. The van der Waals surface area contributed by atoms with E-state index in [4.69, 9.17) is 39.0 Å². The number of nitro groups is 1. The van der Waals surface area contributed by atoms with Gasteiger partial charge in [0.25, 0.3) is 11.6 Å². The van der Waals surface area contributed by atoms with E-state index in [0.29, 0.717) is 5.02 Å². The van der Waals surface area contributed by atoms with Crippen LogP contribution in [-0.4, -0.2) is 19.2 Å². The minimum Gasteiger partial charge on any atom is -0.378 e. The van der Waals surface area contributed by atoms with E-state index in [9.17, 15) is 23.3 Å². The highest BCUT2D eigenvalue weighted by Crippen LogP contribution is 2.30. The molecule has 0 heterocycles. The van der Waals surface area contributed by atoms with Crippen LogP contribution in [-0.2, 0) is 10.1 Å². The van der Waals surface area contributed by atoms with Gasteiger partial charge in [0, 0.05) is 22.2 Å². The van der Waals surface area contributed by atoms with Crippen molar-refractivity contribution >= 4 is 62.2 Å². The predicted octanol–water partition coefficient (Wildman–Crippen LogP) is 5.58.